The van der Waals surface area contributed by atoms with Crippen molar-refractivity contribution in [3.63, 3.8) is 0 Å². The Balaban J connectivity index is 2.79. The van der Waals surface area contributed by atoms with Crippen LogP contribution in [0, 0.1) is 0 Å². The molecule has 3 nitrogen and oxygen atoms in total. The maximum atomic E-state index is 10.8. The van der Waals surface area contributed by atoms with Crippen LogP contribution in [0.15, 0.2) is 24.5 Å². The van der Waals surface area contributed by atoms with Gasteiger partial charge in [-0.05, 0) is 18.6 Å². The van der Waals surface area contributed by atoms with Crippen LogP contribution in [0.5, 0.6) is 0 Å². The molecule has 1 rings (SSSR count). The lowest BCUT2D eigenvalue weighted by Gasteiger charge is -2.11. The Labute approximate surface area is 65.8 Å². The zero-order chi connectivity index (χ0) is 8.27. The second-order valence-corrected chi connectivity index (χ2v) is 2.46. The van der Waals surface area contributed by atoms with Crippen LogP contribution in [0.1, 0.15) is 19.4 Å². The van der Waals surface area contributed by atoms with Gasteiger partial charge in [0.1, 0.15) is 6.04 Å². The summed E-state index contributed by atoms with van der Waals surface area (Å²) < 4.78 is 1.82. The SMILES string of the molecule is CC[C@@H](C(N)=O)n1cccc1. The van der Waals surface area contributed by atoms with Crippen molar-refractivity contribution in [2.24, 2.45) is 5.73 Å². The molecule has 0 saturated carbocycles. The summed E-state index contributed by atoms with van der Waals surface area (Å²) in [6.45, 7) is 1.94. The van der Waals surface area contributed by atoms with Crippen LogP contribution in [0.25, 0.3) is 0 Å². The van der Waals surface area contributed by atoms with Crippen LogP contribution >= 0.6 is 0 Å². The average molecular weight is 152 g/mol. The van der Waals surface area contributed by atoms with Gasteiger partial charge in [0.2, 0.25) is 5.91 Å². The van der Waals surface area contributed by atoms with Gasteiger partial charge in [0.05, 0.1) is 0 Å². The topological polar surface area (TPSA) is 48.0 Å². The van der Waals surface area contributed by atoms with E-state index in [1.54, 1.807) is 0 Å². The molecular weight excluding hydrogens is 140 g/mol. The van der Waals surface area contributed by atoms with Crippen molar-refractivity contribution >= 4 is 5.91 Å². The van der Waals surface area contributed by atoms with Crippen LogP contribution in [0.4, 0.5) is 0 Å². The lowest BCUT2D eigenvalue weighted by Crippen LogP contribution is -2.24. The second kappa shape index (κ2) is 3.23. The molecule has 11 heavy (non-hydrogen) atoms. The van der Waals surface area contributed by atoms with Crippen LogP contribution in [-0.2, 0) is 4.79 Å². The monoisotopic (exact) mass is 152 g/mol. The molecule has 2 N–H and O–H groups in total. The van der Waals surface area contributed by atoms with E-state index in [9.17, 15) is 4.79 Å². The third-order valence-corrected chi connectivity index (χ3v) is 1.70. The van der Waals surface area contributed by atoms with Gasteiger partial charge in [-0.3, -0.25) is 4.79 Å². The smallest absolute Gasteiger partial charge is 0.240 e. The number of aromatic nitrogens is 1. The Morgan fingerprint density at radius 3 is 2.45 bits per heavy atom. The van der Waals surface area contributed by atoms with E-state index in [1.807, 2.05) is 36.0 Å². The molecule has 0 spiro atoms. The summed E-state index contributed by atoms with van der Waals surface area (Å²) in [6, 6.07) is 3.57. The Morgan fingerprint density at radius 2 is 2.09 bits per heavy atom. The normalized spacial score (nSPS) is 12.8. The van der Waals surface area contributed by atoms with E-state index in [0.29, 0.717) is 0 Å². The Bertz CT molecular complexity index is 228. The molecule has 3 heteroatoms. The summed E-state index contributed by atoms with van der Waals surface area (Å²) in [7, 11) is 0. The summed E-state index contributed by atoms with van der Waals surface area (Å²) in [4.78, 5) is 10.8. The van der Waals surface area contributed by atoms with E-state index in [-0.39, 0.29) is 11.9 Å². The highest BCUT2D eigenvalue weighted by Gasteiger charge is 2.12. The van der Waals surface area contributed by atoms with Crippen LogP contribution in [0.3, 0.4) is 0 Å². The average Bonchev–Trinajstić information content (AvgIpc) is 2.40. The maximum absolute atomic E-state index is 10.8. The second-order valence-electron chi connectivity index (χ2n) is 2.46. The predicted octanol–water partition coefficient (Wildman–Crippen LogP) is 0.924. The van der Waals surface area contributed by atoms with Gasteiger partial charge in [0.15, 0.2) is 0 Å². The molecule has 0 aromatic carbocycles. The molecule has 1 aromatic rings. The van der Waals surface area contributed by atoms with Gasteiger partial charge in [-0.2, -0.15) is 0 Å². The minimum atomic E-state index is -0.274. The molecule has 0 aliphatic heterocycles. The first-order chi connectivity index (χ1) is 5.25. The number of amides is 1. The van der Waals surface area contributed by atoms with E-state index >= 15 is 0 Å². The number of rotatable bonds is 3. The summed E-state index contributed by atoms with van der Waals surface area (Å²) in [6.07, 6.45) is 4.43. The lowest BCUT2D eigenvalue weighted by molar-refractivity contribution is -0.121. The molecule has 0 saturated heterocycles. The first-order valence-corrected chi connectivity index (χ1v) is 3.67. The number of nitrogens with two attached hydrogens (primary N) is 1. The molecule has 60 valence electrons. The van der Waals surface area contributed by atoms with Crippen LogP contribution in [0.2, 0.25) is 0 Å². The van der Waals surface area contributed by atoms with Gasteiger partial charge in [-0.15, -0.1) is 0 Å². The van der Waals surface area contributed by atoms with Crippen molar-refractivity contribution < 1.29 is 4.79 Å². The highest BCUT2D eigenvalue weighted by molar-refractivity contribution is 5.78. The van der Waals surface area contributed by atoms with Crippen molar-refractivity contribution in [3.05, 3.63) is 24.5 Å². The van der Waals surface area contributed by atoms with Gasteiger partial charge in [-0.1, -0.05) is 6.92 Å². The molecule has 1 heterocycles. The molecular formula is C8H12N2O. The highest BCUT2D eigenvalue weighted by atomic mass is 16.1. The number of primary amides is 1. The molecule has 0 unspecified atom stereocenters. The standard InChI is InChI=1S/C8H12N2O/c1-2-7(8(9)11)10-5-3-4-6-10/h3-7H,2H2,1H3,(H2,9,11)/t7-/m0/s1. The molecule has 0 fully saturated rings. The molecule has 0 radical (unpaired) electrons. The van der Waals surface area contributed by atoms with Crippen LogP contribution < -0.4 is 5.73 Å². The Hall–Kier alpha value is -1.25. The van der Waals surface area contributed by atoms with E-state index < -0.39 is 0 Å². The van der Waals surface area contributed by atoms with Gasteiger partial charge in [0, 0.05) is 12.4 Å². The van der Waals surface area contributed by atoms with Crippen molar-refractivity contribution in [2.45, 2.75) is 19.4 Å². The van der Waals surface area contributed by atoms with Gasteiger partial charge >= 0.3 is 0 Å². The molecule has 1 amide bonds. The van der Waals surface area contributed by atoms with Crippen molar-refractivity contribution in [2.75, 3.05) is 0 Å². The Morgan fingerprint density at radius 1 is 1.55 bits per heavy atom. The minimum Gasteiger partial charge on any atom is -0.368 e. The number of hydrogen-bond donors (Lipinski definition) is 1. The van der Waals surface area contributed by atoms with Gasteiger partial charge < -0.3 is 10.3 Å². The fourth-order valence-corrected chi connectivity index (χ4v) is 1.11. The fourth-order valence-electron chi connectivity index (χ4n) is 1.11. The number of nitrogens with zero attached hydrogens (tertiary/aromatic N) is 1. The summed E-state index contributed by atoms with van der Waals surface area (Å²) in [5.74, 6) is -0.274. The van der Waals surface area contributed by atoms with Crippen molar-refractivity contribution in [3.8, 4) is 0 Å². The molecule has 1 aromatic heterocycles. The van der Waals surface area contributed by atoms with Crippen molar-refractivity contribution in [1.82, 2.24) is 4.57 Å². The van der Waals surface area contributed by atoms with E-state index in [1.165, 1.54) is 0 Å². The minimum absolute atomic E-state index is 0.190. The zero-order valence-electron chi connectivity index (χ0n) is 6.53. The molecule has 1 atom stereocenters. The number of carbonyl (C=O) groups excluding carboxylic acids is 1. The third-order valence-electron chi connectivity index (χ3n) is 1.70. The van der Waals surface area contributed by atoms with Gasteiger partial charge in [0.25, 0.3) is 0 Å². The third kappa shape index (κ3) is 1.61. The van der Waals surface area contributed by atoms with Crippen molar-refractivity contribution in [1.29, 1.82) is 0 Å². The quantitative estimate of drug-likeness (QED) is 0.688. The summed E-state index contributed by atoms with van der Waals surface area (Å²) in [5.41, 5.74) is 5.18. The zero-order valence-corrected chi connectivity index (χ0v) is 6.53. The van der Waals surface area contributed by atoms with Crippen LogP contribution in [-0.4, -0.2) is 10.5 Å². The van der Waals surface area contributed by atoms with E-state index in [0.717, 1.165) is 6.42 Å². The predicted molar refractivity (Wildman–Crippen MR) is 43.0 cm³/mol. The highest BCUT2D eigenvalue weighted by Crippen LogP contribution is 2.09. The largest absolute Gasteiger partial charge is 0.368 e. The first-order valence-electron chi connectivity index (χ1n) is 3.67. The van der Waals surface area contributed by atoms with E-state index in [4.69, 9.17) is 5.73 Å². The summed E-state index contributed by atoms with van der Waals surface area (Å²) in [5, 5.41) is 0. The molecule has 0 aliphatic rings. The maximum Gasteiger partial charge on any atom is 0.240 e. The number of carbonyl (C=O) groups is 1. The number of hydrogen-bond acceptors (Lipinski definition) is 1. The van der Waals surface area contributed by atoms with E-state index in [2.05, 4.69) is 0 Å². The lowest BCUT2D eigenvalue weighted by atomic mass is 10.2. The Kier molecular flexibility index (Phi) is 2.31. The molecule has 0 aliphatic carbocycles. The fraction of sp³-hybridized carbons (Fsp3) is 0.375. The summed E-state index contributed by atoms with van der Waals surface area (Å²) >= 11 is 0. The molecule has 0 bridgehead atoms. The van der Waals surface area contributed by atoms with Gasteiger partial charge in [-0.25, -0.2) is 0 Å². The first kappa shape index (κ1) is 7.85.